The second-order valence-electron chi connectivity index (χ2n) is 11.0. The Kier molecular flexibility index (Phi) is 8.85. The lowest BCUT2D eigenvalue weighted by Crippen LogP contribution is -2.33. The van der Waals surface area contributed by atoms with Gasteiger partial charge in [-0.25, -0.2) is 4.79 Å². The third kappa shape index (κ3) is 6.74. The molecule has 0 saturated heterocycles. The van der Waals surface area contributed by atoms with Gasteiger partial charge in [-0.1, -0.05) is 55.7 Å². The van der Waals surface area contributed by atoms with E-state index in [1.54, 1.807) is 30.3 Å². The molecule has 1 saturated carbocycles. The molecule has 10 heteroatoms. The largest absolute Gasteiger partial charge is 0.481 e. The topological polar surface area (TPSA) is 145 Å². The predicted molar refractivity (Wildman–Crippen MR) is 160 cm³/mol. The molecule has 222 valence electrons. The molecule has 0 bridgehead atoms. The van der Waals surface area contributed by atoms with Crippen LogP contribution in [0.5, 0.6) is 0 Å². The summed E-state index contributed by atoms with van der Waals surface area (Å²) in [5.41, 5.74) is 4.13. The normalized spacial score (nSPS) is 15.5. The third-order valence-corrected chi connectivity index (χ3v) is 8.10. The van der Waals surface area contributed by atoms with Crippen molar-refractivity contribution in [1.82, 2.24) is 15.5 Å². The fourth-order valence-corrected chi connectivity index (χ4v) is 5.70. The van der Waals surface area contributed by atoms with Crippen LogP contribution in [0.3, 0.4) is 0 Å². The summed E-state index contributed by atoms with van der Waals surface area (Å²) in [6.45, 7) is 0.0202. The molecule has 10 nitrogen and oxygen atoms in total. The number of hydrogen-bond acceptors (Lipinski definition) is 5. The van der Waals surface area contributed by atoms with Gasteiger partial charge >= 0.3 is 12.0 Å². The Labute approximate surface area is 249 Å². The number of carbonyl (C=O) groups is 5. The van der Waals surface area contributed by atoms with Crippen molar-refractivity contribution in [2.75, 3.05) is 18.9 Å². The number of aliphatic carboxylic acids is 1. The molecule has 1 unspecified atom stereocenters. The summed E-state index contributed by atoms with van der Waals surface area (Å²) < 4.78 is 0. The lowest BCUT2D eigenvalue weighted by Gasteiger charge is -2.24. The smallest absolute Gasteiger partial charge is 0.319 e. The number of nitrogens with zero attached hydrogens (tertiary/aromatic N) is 1. The van der Waals surface area contributed by atoms with Crippen LogP contribution in [-0.2, 0) is 4.79 Å². The van der Waals surface area contributed by atoms with E-state index in [9.17, 15) is 24.0 Å². The number of imide groups is 1. The van der Waals surface area contributed by atoms with Crippen molar-refractivity contribution in [3.8, 4) is 0 Å². The first kappa shape index (κ1) is 29.5. The zero-order chi connectivity index (χ0) is 30.5. The number of carbonyl (C=O) groups excluding carboxylic acids is 4. The molecule has 1 aliphatic carbocycles. The molecule has 0 aromatic heterocycles. The molecule has 2 aliphatic rings. The van der Waals surface area contributed by atoms with Crippen LogP contribution in [0.15, 0.2) is 66.7 Å². The highest BCUT2D eigenvalue weighted by molar-refractivity contribution is 6.21. The summed E-state index contributed by atoms with van der Waals surface area (Å²) in [7, 11) is 1.42. The van der Waals surface area contributed by atoms with Crippen LogP contribution in [0.1, 0.15) is 98.2 Å². The fraction of sp³-hybridized carbons (Fsp3) is 0.303. The first-order valence-electron chi connectivity index (χ1n) is 14.4. The monoisotopic (exact) mass is 582 g/mol. The molecule has 1 heterocycles. The van der Waals surface area contributed by atoms with E-state index in [1.807, 2.05) is 12.1 Å². The van der Waals surface area contributed by atoms with Crippen molar-refractivity contribution in [1.29, 1.82) is 0 Å². The minimum Gasteiger partial charge on any atom is -0.481 e. The van der Waals surface area contributed by atoms with Crippen LogP contribution in [0.4, 0.5) is 10.5 Å². The zero-order valence-corrected chi connectivity index (χ0v) is 23.9. The van der Waals surface area contributed by atoms with Crippen molar-refractivity contribution in [3.05, 3.63) is 100 Å². The number of nitrogens with one attached hydrogen (secondary N) is 3. The number of carboxylic acid groups (broad SMARTS) is 1. The number of fused-ring (bicyclic) bond motifs is 1. The minimum absolute atomic E-state index is 0.0202. The van der Waals surface area contributed by atoms with Crippen LogP contribution >= 0.6 is 0 Å². The van der Waals surface area contributed by atoms with Crippen LogP contribution in [0.2, 0.25) is 0 Å². The van der Waals surface area contributed by atoms with Gasteiger partial charge in [0.1, 0.15) is 0 Å². The number of benzene rings is 3. The second-order valence-corrected chi connectivity index (χ2v) is 11.0. The SMILES string of the molecule is CN1C(=O)c2ccc(NC(=O)NC(c3ccc(C(=O)NCCC(=O)O)cc3)c3ccc(C4CCCCC4)cc3)cc2C1=O. The molecular weight excluding hydrogens is 548 g/mol. The molecule has 1 atom stereocenters. The van der Waals surface area contributed by atoms with Crippen LogP contribution in [-0.4, -0.2) is 53.3 Å². The fourth-order valence-electron chi connectivity index (χ4n) is 5.70. The van der Waals surface area contributed by atoms with Crippen molar-refractivity contribution in [3.63, 3.8) is 0 Å². The van der Waals surface area contributed by atoms with Gasteiger partial charge in [-0.2, -0.15) is 0 Å². The summed E-state index contributed by atoms with van der Waals surface area (Å²) in [6.07, 6.45) is 5.90. The van der Waals surface area contributed by atoms with E-state index in [0.29, 0.717) is 22.7 Å². The summed E-state index contributed by atoms with van der Waals surface area (Å²) >= 11 is 0. The number of rotatable bonds is 9. The molecule has 43 heavy (non-hydrogen) atoms. The van der Waals surface area contributed by atoms with Gasteiger partial charge in [0.15, 0.2) is 0 Å². The maximum absolute atomic E-state index is 13.2. The van der Waals surface area contributed by atoms with Gasteiger partial charge in [0.25, 0.3) is 17.7 Å². The molecule has 3 aromatic carbocycles. The van der Waals surface area contributed by atoms with Gasteiger partial charge in [-0.3, -0.25) is 24.1 Å². The van der Waals surface area contributed by atoms with Gasteiger partial charge in [-0.05, 0) is 65.8 Å². The Morgan fingerprint density at radius 2 is 1.49 bits per heavy atom. The Morgan fingerprint density at radius 1 is 0.860 bits per heavy atom. The molecule has 1 aliphatic heterocycles. The Hall–Kier alpha value is -4.99. The van der Waals surface area contributed by atoms with E-state index >= 15 is 0 Å². The summed E-state index contributed by atoms with van der Waals surface area (Å²) in [5, 5.41) is 17.2. The lowest BCUT2D eigenvalue weighted by atomic mass is 9.83. The standard InChI is InChI=1S/C33H34N4O6/c1-37-31(41)26-16-15-25(19-27(26)32(37)42)35-33(43)36-29(22-9-7-21(8-10-22)20-5-3-2-4-6-20)23-11-13-24(14-12-23)30(40)34-18-17-28(38)39/h7-16,19-20,29H,2-6,17-18H2,1H3,(H,34,40)(H,38,39)(H2,35,36,43). The highest BCUT2D eigenvalue weighted by atomic mass is 16.4. The Morgan fingerprint density at radius 3 is 2.14 bits per heavy atom. The van der Waals surface area contributed by atoms with E-state index in [-0.39, 0.29) is 30.3 Å². The van der Waals surface area contributed by atoms with Gasteiger partial charge in [0.05, 0.1) is 23.6 Å². The van der Waals surface area contributed by atoms with Gasteiger partial charge in [0.2, 0.25) is 0 Å². The molecule has 0 radical (unpaired) electrons. The average Bonchev–Trinajstić information content (AvgIpc) is 3.23. The average molecular weight is 583 g/mol. The first-order valence-corrected chi connectivity index (χ1v) is 14.4. The number of anilines is 1. The van der Waals surface area contributed by atoms with Crippen LogP contribution < -0.4 is 16.0 Å². The molecule has 5 rings (SSSR count). The Bertz CT molecular complexity index is 1540. The summed E-state index contributed by atoms with van der Waals surface area (Å²) in [4.78, 5) is 62.1. The lowest BCUT2D eigenvalue weighted by molar-refractivity contribution is -0.136. The number of carboxylic acids is 1. The summed E-state index contributed by atoms with van der Waals surface area (Å²) in [6, 6.07) is 18.5. The predicted octanol–water partition coefficient (Wildman–Crippen LogP) is 5.08. The molecule has 0 spiro atoms. The van der Waals surface area contributed by atoms with Crippen molar-refractivity contribution < 1.29 is 29.1 Å². The molecule has 4 N–H and O–H groups in total. The van der Waals surface area contributed by atoms with E-state index in [0.717, 1.165) is 16.0 Å². The minimum atomic E-state index is -0.996. The Balaban J connectivity index is 1.35. The van der Waals surface area contributed by atoms with Crippen molar-refractivity contribution >= 4 is 35.4 Å². The quantitative estimate of drug-likeness (QED) is 0.259. The highest BCUT2D eigenvalue weighted by Crippen LogP contribution is 2.34. The van der Waals surface area contributed by atoms with E-state index < -0.39 is 23.9 Å². The van der Waals surface area contributed by atoms with E-state index in [4.69, 9.17) is 5.11 Å². The van der Waals surface area contributed by atoms with Crippen molar-refractivity contribution in [2.45, 2.75) is 50.5 Å². The molecule has 5 amide bonds. The van der Waals surface area contributed by atoms with Gasteiger partial charge in [0, 0.05) is 24.8 Å². The molecular formula is C33H34N4O6. The molecule has 1 fully saturated rings. The van der Waals surface area contributed by atoms with Crippen molar-refractivity contribution in [2.24, 2.45) is 0 Å². The maximum atomic E-state index is 13.2. The number of hydrogen-bond donors (Lipinski definition) is 4. The van der Waals surface area contributed by atoms with Crippen LogP contribution in [0.25, 0.3) is 0 Å². The number of urea groups is 1. The highest BCUT2D eigenvalue weighted by Gasteiger charge is 2.33. The van der Waals surface area contributed by atoms with Crippen LogP contribution in [0, 0.1) is 0 Å². The van der Waals surface area contributed by atoms with E-state index in [2.05, 4.69) is 28.1 Å². The second kappa shape index (κ2) is 12.9. The molecule has 3 aromatic rings. The number of amides is 5. The summed E-state index contributed by atoms with van der Waals surface area (Å²) in [5.74, 6) is -1.66. The van der Waals surface area contributed by atoms with Gasteiger partial charge in [-0.15, -0.1) is 0 Å². The third-order valence-electron chi connectivity index (χ3n) is 8.10. The first-order chi connectivity index (χ1) is 20.7. The maximum Gasteiger partial charge on any atom is 0.319 e. The zero-order valence-electron chi connectivity index (χ0n) is 23.9. The van der Waals surface area contributed by atoms with E-state index in [1.165, 1.54) is 56.8 Å². The van der Waals surface area contributed by atoms with Gasteiger partial charge < -0.3 is 21.1 Å².